The Bertz CT molecular complexity index is 435. The smallest absolute Gasteiger partial charge is 0.0915 e. The van der Waals surface area contributed by atoms with Crippen LogP contribution in [0.3, 0.4) is 0 Å². The molecule has 3 N–H and O–H groups in total. The summed E-state index contributed by atoms with van der Waals surface area (Å²) in [7, 11) is 0. The highest BCUT2D eigenvalue weighted by atomic mass is 79.9. The van der Waals surface area contributed by atoms with Gasteiger partial charge in [0, 0.05) is 22.6 Å². The Kier molecular flexibility index (Phi) is 6.32. The van der Waals surface area contributed by atoms with Crippen LogP contribution in [-0.4, -0.2) is 23.2 Å². The summed E-state index contributed by atoms with van der Waals surface area (Å²) in [4.78, 5) is 0. The second kappa shape index (κ2) is 7.12. The summed E-state index contributed by atoms with van der Waals surface area (Å²) >= 11 is 9.80. The van der Waals surface area contributed by atoms with Gasteiger partial charge in [-0.25, -0.2) is 0 Å². The summed E-state index contributed by atoms with van der Waals surface area (Å²) in [6, 6.07) is 4.01. The van der Waals surface area contributed by atoms with E-state index < -0.39 is 6.10 Å². The third-order valence-corrected chi connectivity index (χ3v) is 3.63. The minimum atomic E-state index is -0.587. The number of hydrogen-bond donors (Lipinski definition) is 3. The number of benzene rings is 1. The number of hydrogen-bond acceptors (Lipinski definition) is 3. The van der Waals surface area contributed by atoms with Crippen molar-refractivity contribution in [1.82, 2.24) is 5.32 Å². The second-order valence-corrected chi connectivity index (χ2v) is 7.57. The summed E-state index contributed by atoms with van der Waals surface area (Å²) in [5, 5.41) is 17.4. The molecule has 0 spiro atoms. The van der Waals surface area contributed by atoms with Crippen LogP contribution in [0.1, 0.15) is 46.3 Å². The van der Waals surface area contributed by atoms with Gasteiger partial charge in [0.1, 0.15) is 0 Å². The highest BCUT2D eigenvalue weighted by Crippen LogP contribution is 2.34. The zero-order valence-corrected chi connectivity index (χ0v) is 15.1. The first-order chi connectivity index (χ1) is 9.10. The normalized spacial score (nSPS) is 13.7. The summed E-state index contributed by atoms with van der Waals surface area (Å²) in [6.45, 7) is 10.8. The van der Waals surface area contributed by atoms with Crippen LogP contribution in [0.2, 0.25) is 5.02 Å². The molecule has 0 aliphatic rings. The molecule has 1 aromatic carbocycles. The third kappa shape index (κ3) is 5.60. The lowest BCUT2D eigenvalue weighted by molar-refractivity contribution is 0.163. The summed E-state index contributed by atoms with van der Waals surface area (Å²) in [5.41, 5.74) is 1.63. The number of rotatable bonds is 5. The lowest BCUT2D eigenvalue weighted by Crippen LogP contribution is -2.38. The maximum absolute atomic E-state index is 10.2. The highest BCUT2D eigenvalue weighted by Gasteiger charge is 2.16. The first-order valence-electron chi connectivity index (χ1n) is 6.78. The van der Waals surface area contributed by atoms with E-state index >= 15 is 0 Å². The molecule has 1 unspecified atom stereocenters. The van der Waals surface area contributed by atoms with E-state index in [9.17, 15) is 5.11 Å². The summed E-state index contributed by atoms with van der Waals surface area (Å²) in [6.07, 6.45) is -0.587. The third-order valence-electron chi connectivity index (χ3n) is 2.71. The fourth-order valence-electron chi connectivity index (χ4n) is 1.73. The number of β-amino-alcohol motifs (C(OH)–C–C–N with tert-alkyl or cyclic N) is 1. The Balaban J connectivity index is 2.87. The average Bonchev–Trinajstić information content (AvgIpc) is 2.29. The van der Waals surface area contributed by atoms with Gasteiger partial charge in [-0.1, -0.05) is 11.6 Å². The van der Waals surface area contributed by atoms with E-state index in [0.29, 0.717) is 17.6 Å². The lowest BCUT2D eigenvalue weighted by Gasteiger charge is -2.23. The zero-order valence-electron chi connectivity index (χ0n) is 12.7. The van der Waals surface area contributed by atoms with E-state index in [1.54, 1.807) is 0 Å². The molecule has 0 aliphatic carbocycles. The molecule has 0 amide bonds. The van der Waals surface area contributed by atoms with Crippen molar-refractivity contribution in [3.05, 3.63) is 27.2 Å². The number of anilines is 1. The topological polar surface area (TPSA) is 44.3 Å². The van der Waals surface area contributed by atoms with E-state index in [2.05, 4.69) is 61.2 Å². The van der Waals surface area contributed by atoms with Gasteiger partial charge in [-0.2, -0.15) is 0 Å². The van der Waals surface area contributed by atoms with Crippen LogP contribution in [0.5, 0.6) is 0 Å². The van der Waals surface area contributed by atoms with Crippen LogP contribution in [0.25, 0.3) is 0 Å². The van der Waals surface area contributed by atoms with Crippen molar-refractivity contribution in [2.45, 2.75) is 52.3 Å². The van der Waals surface area contributed by atoms with Crippen molar-refractivity contribution in [2.24, 2.45) is 0 Å². The molecule has 0 fully saturated rings. The zero-order chi connectivity index (χ0) is 15.5. The first kappa shape index (κ1) is 17.8. The number of halogens is 2. The Morgan fingerprint density at radius 1 is 1.30 bits per heavy atom. The van der Waals surface area contributed by atoms with Crippen LogP contribution in [-0.2, 0) is 0 Å². The summed E-state index contributed by atoms with van der Waals surface area (Å²) < 4.78 is 0.864. The Labute approximate surface area is 135 Å². The molecule has 1 aromatic rings. The molecule has 1 atom stereocenters. The van der Waals surface area contributed by atoms with Crippen molar-refractivity contribution in [3.8, 4) is 0 Å². The molecular formula is C15H24BrClN2O. The van der Waals surface area contributed by atoms with Gasteiger partial charge in [0.15, 0.2) is 0 Å². The molecule has 0 saturated carbocycles. The Hall–Kier alpha value is -0.290. The van der Waals surface area contributed by atoms with Crippen LogP contribution in [0.15, 0.2) is 16.6 Å². The fourth-order valence-corrected chi connectivity index (χ4v) is 2.72. The predicted molar refractivity (Wildman–Crippen MR) is 90.6 cm³/mol. The van der Waals surface area contributed by atoms with Crippen molar-refractivity contribution >= 4 is 33.2 Å². The molecule has 20 heavy (non-hydrogen) atoms. The highest BCUT2D eigenvalue weighted by molar-refractivity contribution is 9.10. The number of aliphatic hydroxyl groups is 1. The molecule has 0 radical (unpaired) electrons. The van der Waals surface area contributed by atoms with E-state index in [1.807, 2.05) is 12.1 Å². The lowest BCUT2D eigenvalue weighted by atomic mass is 10.1. The van der Waals surface area contributed by atoms with Gasteiger partial charge >= 0.3 is 0 Å². The predicted octanol–water partition coefficient (Wildman–Crippen LogP) is 4.34. The van der Waals surface area contributed by atoms with E-state index in [0.717, 1.165) is 15.7 Å². The molecule has 0 saturated heterocycles. The molecule has 3 nitrogen and oxygen atoms in total. The van der Waals surface area contributed by atoms with Gasteiger partial charge in [0.05, 0.1) is 16.8 Å². The largest absolute Gasteiger partial charge is 0.387 e. The van der Waals surface area contributed by atoms with Gasteiger partial charge in [-0.15, -0.1) is 0 Å². The van der Waals surface area contributed by atoms with Gasteiger partial charge in [-0.05, 0) is 68.2 Å². The molecule has 0 bridgehead atoms. The van der Waals surface area contributed by atoms with Gasteiger partial charge < -0.3 is 15.7 Å². The van der Waals surface area contributed by atoms with Crippen LogP contribution < -0.4 is 10.6 Å². The van der Waals surface area contributed by atoms with Gasteiger partial charge in [0.2, 0.25) is 0 Å². The van der Waals surface area contributed by atoms with Crippen molar-refractivity contribution in [2.75, 3.05) is 11.9 Å². The molecule has 0 aliphatic heterocycles. The van der Waals surface area contributed by atoms with Gasteiger partial charge in [0.25, 0.3) is 0 Å². The van der Waals surface area contributed by atoms with Crippen molar-refractivity contribution in [3.63, 3.8) is 0 Å². The Morgan fingerprint density at radius 2 is 1.90 bits per heavy atom. The quantitative estimate of drug-likeness (QED) is 0.729. The van der Waals surface area contributed by atoms with E-state index in [4.69, 9.17) is 11.6 Å². The molecule has 0 heterocycles. The maximum Gasteiger partial charge on any atom is 0.0915 e. The van der Waals surface area contributed by atoms with Crippen LogP contribution in [0, 0.1) is 0 Å². The van der Waals surface area contributed by atoms with Crippen molar-refractivity contribution in [1.29, 1.82) is 0 Å². The molecule has 5 heteroatoms. The van der Waals surface area contributed by atoms with E-state index in [1.165, 1.54) is 0 Å². The number of aliphatic hydroxyl groups excluding tert-OH is 1. The minimum absolute atomic E-state index is 0.0266. The molecule has 114 valence electrons. The van der Waals surface area contributed by atoms with Crippen LogP contribution in [0.4, 0.5) is 5.69 Å². The average molecular weight is 364 g/mol. The minimum Gasteiger partial charge on any atom is -0.387 e. The fraction of sp³-hybridized carbons (Fsp3) is 0.600. The maximum atomic E-state index is 10.2. The van der Waals surface area contributed by atoms with Gasteiger partial charge in [-0.3, -0.25) is 0 Å². The van der Waals surface area contributed by atoms with Crippen molar-refractivity contribution < 1.29 is 5.11 Å². The standard InChI is InChI=1S/C15H24BrClN2O/c1-9(2)19-14-11(16)6-10(7-12(14)17)13(20)8-18-15(3,4)5/h6-7,9,13,18-20H,8H2,1-5H3. The number of nitrogens with one attached hydrogen (secondary N) is 2. The Morgan fingerprint density at radius 3 is 2.35 bits per heavy atom. The molecule has 1 rings (SSSR count). The van der Waals surface area contributed by atoms with E-state index in [-0.39, 0.29) is 5.54 Å². The first-order valence-corrected chi connectivity index (χ1v) is 7.96. The molecule has 0 aromatic heterocycles. The SMILES string of the molecule is CC(C)Nc1c(Cl)cc(C(O)CNC(C)(C)C)cc1Br. The summed E-state index contributed by atoms with van der Waals surface area (Å²) in [5.74, 6) is 0. The van der Waals surface area contributed by atoms with Crippen LogP contribution >= 0.6 is 27.5 Å². The second-order valence-electron chi connectivity index (χ2n) is 6.31. The molecular weight excluding hydrogens is 340 g/mol. The monoisotopic (exact) mass is 362 g/mol.